The molecule has 3 aliphatic rings. The predicted molar refractivity (Wildman–Crippen MR) is 149 cm³/mol. The van der Waals surface area contributed by atoms with Crippen LogP contribution >= 0.6 is 0 Å². The van der Waals surface area contributed by atoms with E-state index in [4.69, 9.17) is 14.5 Å². The number of cyclic esters (lactones) is 1. The van der Waals surface area contributed by atoms with Gasteiger partial charge in [-0.05, 0) is 69.2 Å². The maximum Gasteiger partial charge on any atom is 0.343 e. The molecule has 1 amide bonds. The summed E-state index contributed by atoms with van der Waals surface area (Å²) in [7, 11) is 0. The molecule has 1 aromatic carbocycles. The number of fused-ring (bicyclic) bond motifs is 5. The molecule has 4 heterocycles. The Morgan fingerprint density at radius 3 is 2.73 bits per heavy atom. The van der Waals surface area contributed by atoms with E-state index in [1.165, 1.54) is 6.07 Å². The minimum atomic E-state index is -1.95. The molecular formula is C31H34FN3O6. The maximum atomic E-state index is 15.1. The van der Waals surface area contributed by atoms with E-state index in [1.807, 2.05) is 20.8 Å². The molecule has 10 heteroatoms. The van der Waals surface area contributed by atoms with Gasteiger partial charge in [-0.15, -0.1) is 0 Å². The van der Waals surface area contributed by atoms with Crippen molar-refractivity contribution in [2.45, 2.75) is 90.7 Å². The highest BCUT2D eigenvalue weighted by molar-refractivity contribution is 5.94. The van der Waals surface area contributed by atoms with Crippen LogP contribution in [0.5, 0.6) is 0 Å². The molecule has 0 fully saturated rings. The number of ether oxygens (including phenoxy) is 2. The summed E-state index contributed by atoms with van der Waals surface area (Å²) in [6.07, 6.45) is 1.89. The van der Waals surface area contributed by atoms with Crippen molar-refractivity contribution in [1.82, 2.24) is 14.9 Å². The SMILES string of the molecule is CCC(C)(C)OCC(=O)N[C@H]1CCc2c(C)c(F)cc3nc4c(c1c23)Cn1c-4cc2c(c1=O)COC(=O)[C@]2(O)CC. The summed E-state index contributed by atoms with van der Waals surface area (Å²) in [5, 5.41) is 15.1. The first-order valence-electron chi connectivity index (χ1n) is 14.1. The monoisotopic (exact) mass is 563 g/mol. The molecule has 2 N–H and O–H groups in total. The molecule has 2 aliphatic heterocycles. The summed E-state index contributed by atoms with van der Waals surface area (Å²) < 4.78 is 27.6. The van der Waals surface area contributed by atoms with Crippen molar-refractivity contribution in [3.8, 4) is 11.4 Å². The van der Waals surface area contributed by atoms with Crippen molar-refractivity contribution < 1.29 is 28.6 Å². The number of halogens is 1. The van der Waals surface area contributed by atoms with E-state index in [-0.39, 0.29) is 54.6 Å². The number of aryl methyl sites for hydroxylation is 1. The zero-order chi connectivity index (χ0) is 29.4. The highest BCUT2D eigenvalue weighted by Crippen LogP contribution is 2.45. The summed E-state index contributed by atoms with van der Waals surface area (Å²) in [5.74, 6) is -1.42. The number of carbonyl (C=O) groups excluding carboxylic acids is 2. The van der Waals surface area contributed by atoms with Crippen molar-refractivity contribution >= 4 is 22.8 Å². The minimum Gasteiger partial charge on any atom is -0.458 e. The zero-order valence-corrected chi connectivity index (χ0v) is 23.9. The van der Waals surface area contributed by atoms with E-state index in [1.54, 1.807) is 24.5 Å². The van der Waals surface area contributed by atoms with Crippen molar-refractivity contribution in [2.24, 2.45) is 0 Å². The fraction of sp³-hybridized carbons (Fsp3) is 0.484. The Bertz CT molecular complexity index is 1710. The van der Waals surface area contributed by atoms with Crippen LogP contribution in [0.25, 0.3) is 22.3 Å². The van der Waals surface area contributed by atoms with Crippen molar-refractivity contribution in [3.05, 3.63) is 61.7 Å². The number of hydrogen-bond acceptors (Lipinski definition) is 7. The Kier molecular flexibility index (Phi) is 6.35. The molecule has 0 saturated carbocycles. The van der Waals surface area contributed by atoms with Gasteiger partial charge in [0.25, 0.3) is 5.56 Å². The van der Waals surface area contributed by atoms with Crippen molar-refractivity contribution in [2.75, 3.05) is 6.61 Å². The standard InChI is InChI=1S/C31H34FN3O6/c1-6-30(4,5)41-14-24(36)33-21-9-8-16-15(3)20(32)11-22-25(16)26(21)17-12-35-23(27(17)34-22)10-19-18(28(35)37)13-40-29(38)31(19,39)7-2/h10-11,21,39H,6-9,12-14H2,1-5H3,(H,33,36)/t21-,31-/m0/s1. The molecule has 0 saturated heterocycles. The lowest BCUT2D eigenvalue weighted by Gasteiger charge is -2.31. The molecule has 2 aromatic heterocycles. The molecule has 41 heavy (non-hydrogen) atoms. The molecule has 9 nitrogen and oxygen atoms in total. The fourth-order valence-corrected chi connectivity index (χ4v) is 6.30. The smallest absolute Gasteiger partial charge is 0.343 e. The average molecular weight is 564 g/mol. The van der Waals surface area contributed by atoms with Crippen LogP contribution in [0.3, 0.4) is 0 Å². The number of pyridine rings is 2. The third-order valence-electron chi connectivity index (χ3n) is 9.16. The lowest BCUT2D eigenvalue weighted by molar-refractivity contribution is -0.172. The molecular weight excluding hydrogens is 529 g/mol. The van der Waals surface area contributed by atoms with E-state index >= 15 is 4.39 Å². The van der Waals surface area contributed by atoms with Gasteiger partial charge in [-0.3, -0.25) is 9.59 Å². The van der Waals surface area contributed by atoms with Crippen LogP contribution in [0, 0.1) is 12.7 Å². The summed E-state index contributed by atoms with van der Waals surface area (Å²) in [4.78, 5) is 44.2. The van der Waals surface area contributed by atoms with Crippen LogP contribution in [0.2, 0.25) is 0 Å². The Labute approximate surface area is 236 Å². The second-order valence-electron chi connectivity index (χ2n) is 11.9. The Morgan fingerprint density at radius 1 is 1.27 bits per heavy atom. The van der Waals surface area contributed by atoms with Gasteiger partial charge in [0.05, 0.1) is 40.7 Å². The third-order valence-corrected chi connectivity index (χ3v) is 9.16. The predicted octanol–water partition coefficient (Wildman–Crippen LogP) is 3.84. The largest absolute Gasteiger partial charge is 0.458 e. The summed E-state index contributed by atoms with van der Waals surface area (Å²) in [5.41, 5.74) is 2.00. The highest BCUT2D eigenvalue weighted by Gasteiger charge is 2.46. The van der Waals surface area contributed by atoms with E-state index in [0.717, 1.165) is 28.5 Å². The van der Waals surface area contributed by atoms with Gasteiger partial charge < -0.3 is 24.5 Å². The van der Waals surface area contributed by atoms with Gasteiger partial charge in [-0.1, -0.05) is 13.8 Å². The zero-order valence-electron chi connectivity index (χ0n) is 23.9. The second-order valence-corrected chi connectivity index (χ2v) is 11.9. The van der Waals surface area contributed by atoms with Gasteiger partial charge in [0.2, 0.25) is 5.91 Å². The minimum absolute atomic E-state index is 0.0316. The van der Waals surface area contributed by atoms with Crippen LogP contribution in [0.1, 0.15) is 86.4 Å². The highest BCUT2D eigenvalue weighted by atomic mass is 19.1. The molecule has 0 bridgehead atoms. The number of aromatic nitrogens is 2. The summed E-state index contributed by atoms with van der Waals surface area (Å²) in [6, 6.07) is 2.64. The van der Waals surface area contributed by atoms with Crippen molar-refractivity contribution in [3.63, 3.8) is 0 Å². The van der Waals surface area contributed by atoms with Crippen molar-refractivity contribution in [1.29, 1.82) is 0 Å². The van der Waals surface area contributed by atoms with Crippen LogP contribution in [-0.4, -0.2) is 38.7 Å². The molecule has 1 aliphatic carbocycles. The Hall–Kier alpha value is -3.63. The quantitative estimate of drug-likeness (QED) is 0.342. The molecule has 0 radical (unpaired) electrons. The van der Waals surface area contributed by atoms with E-state index in [2.05, 4.69) is 5.32 Å². The van der Waals surface area contributed by atoms with Crippen LogP contribution in [-0.2, 0) is 44.2 Å². The Balaban J connectivity index is 1.52. The molecule has 0 spiro atoms. The normalized spacial score (nSPS) is 20.9. The summed E-state index contributed by atoms with van der Waals surface area (Å²) >= 11 is 0. The first-order chi connectivity index (χ1) is 19.4. The number of benzene rings is 1. The number of carbonyl (C=O) groups is 2. The average Bonchev–Trinajstić information content (AvgIpc) is 3.32. The van der Waals surface area contributed by atoms with Crippen LogP contribution in [0.4, 0.5) is 4.39 Å². The number of hydrogen-bond donors (Lipinski definition) is 2. The number of nitrogens with zero attached hydrogens (tertiary/aromatic N) is 2. The first-order valence-corrected chi connectivity index (χ1v) is 14.1. The van der Waals surface area contributed by atoms with Gasteiger partial charge in [-0.2, -0.15) is 0 Å². The van der Waals surface area contributed by atoms with Gasteiger partial charge in [0, 0.05) is 22.6 Å². The number of aliphatic hydroxyl groups is 1. The van der Waals surface area contributed by atoms with Gasteiger partial charge in [0.1, 0.15) is 19.0 Å². The Morgan fingerprint density at radius 2 is 2.02 bits per heavy atom. The molecule has 2 atom stereocenters. The number of rotatable bonds is 6. The lowest BCUT2D eigenvalue weighted by atomic mass is 9.81. The topological polar surface area (TPSA) is 120 Å². The summed E-state index contributed by atoms with van der Waals surface area (Å²) in [6.45, 7) is 9.12. The van der Waals surface area contributed by atoms with Gasteiger partial charge >= 0.3 is 5.97 Å². The van der Waals surface area contributed by atoms with E-state index in [0.29, 0.717) is 35.3 Å². The van der Waals surface area contributed by atoms with Crippen LogP contribution < -0.4 is 10.9 Å². The van der Waals surface area contributed by atoms with Gasteiger partial charge in [0.15, 0.2) is 5.60 Å². The molecule has 6 rings (SSSR count). The van der Waals surface area contributed by atoms with Crippen LogP contribution in [0.15, 0.2) is 16.9 Å². The second kappa shape index (κ2) is 9.46. The first kappa shape index (κ1) is 27.5. The molecule has 216 valence electrons. The number of amides is 1. The maximum absolute atomic E-state index is 15.1. The molecule has 0 unspecified atom stereocenters. The molecule has 3 aromatic rings. The number of nitrogens with one attached hydrogen (secondary N) is 1. The van der Waals surface area contributed by atoms with E-state index < -0.39 is 23.2 Å². The fourth-order valence-electron chi connectivity index (χ4n) is 6.30. The third kappa shape index (κ3) is 4.10. The lowest BCUT2D eigenvalue weighted by Crippen LogP contribution is -2.44. The van der Waals surface area contributed by atoms with Gasteiger partial charge in [-0.25, -0.2) is 14.2 Å². The number of esters is 1. The van der Waals surface area contributed by atoms with E-state index in [9.17, 15) is 19.5 Å².